The summed E-state index contributed by atoms with van der Waals surface area (Å²) in [6.07, 6.45) is 3.12. The van der Waals surface area contributed by atoms with Crippen molar-refractivity contribution in [2.45, 2.75) is 25.8 Å². The second kappa shape index (κ2) is 6.00. The minimum absolute atomic E-state index is 0.0610. The molecule has 6 nitrogen and oxygen atoms in total. The van der Waals surface area contributed by atoms with Crippen LogP contribution in [0.3, 0.4) is 0 Å². The number of halogens is 1. The summed E-state index contributed by atoms with van der Waals surface area (Å²) in [4.78, 5) is 14.1. The van der Waals surface area contributed by atoms with Crippen molar-refractivity contribution in [3.05, 3.63) is 41.5 Å². The highest BCUT2D eigenvalue weighted by Gasteiger charge is 2.34. The Morgan fingerprint density at radius 3 is 2.83 bits per heavy atom. The predicted octanol–water partition coefficient (Wildman–Crippen LogP) is 1.62. The molecule has 1 saturated carbocycles. The number of nitrogens with zero attached hydrogens (tertiary/aromatic N) is 3. The maximum atomic E-state index is 13.2. The van der Waals surface area contributed by atoms with E-state index in [1.807, 2.05) is 0 Å². The van der Waals surface area contributed by atoms with Gasteiger partial charge < -0.3 is 15.1 Å². The molecule has 0 unspecified atom stereocenters. The lowest BCUT2D eigenvalue weighted by atomic mass is 10.2. The minimum Gasteiger partial charge on any atom is -0.504 e. The third-order valence-corrected chi connectivity index (χ3v) is 3.89. The number of aryl methyl sites for hydroxylation is 1. The number of hydrogen-bond acceptors (Lipinski definition) is 4. The highest BCUT2D eigenvalue weighted by Crippen LogP contribution is 2.30. The molecule has 1 aromatic carbocycles. The fourth-order valence-electron chi connectivity index (χ4n) is 2.60. The van der Waals surface area contributed by atoms with Crippen molar-refractivity contribution in [3.63, 3.8) is 0 Å². The maximum Gasteiger partial charge on any atom is 0.278 e. The Morgan fingerprint density at radius 1 is 1.48 bits per heavy atom. The van der Waals surface area contributed by atoms with Crippen molar-refractivity contribution in [3.8, 4) is 11.4 Å². The first kappa shape index (κ1) is 15.5. The standard InChI is InChI=1S/C16H18FN3O3/c1-10-8-11(17)2-5-13(10)20-9-14(22)15(18-20)16(23)19(6-7-21)12-3-4-12/h2,5,8-9,12,21-22H,3-4,6-7H2,1H3. The van der Waals surface area contributed by atoms with E-state index in [0.29, 0.717) is 11.3 Å². The summed E-state index contributed by atoms with van der Waals surface area (Å²) in [5.74, 6) is -0.998. The highest BCUT2D eigenvalue weighted by atomic mass is 19.1. The summed E-state index contributed by atoms with van der Waals surface area (Å²) in [6, 6.07) is 4.30. The van der Waals surface area contributed by atoms with Crippen LogP contribution in [0.15, 0.2) is 24.4 Å². The number of carbonyl (C=O) groups is 1. The summed E-state index contributed by atoms with van der Waals surface area (Å²) < 4.78 is 14.6. The fourth-order valence-corrected chi connectivity index (χ4v) is 2.60. The van der Waals surface area contributed by atoms with Gasteiger partial charge in [-0.2, -0.15) is 5.10 Å². The van der Waals surface area contributed by atoms with E-state index in [4.69, 9.17) is 5.11 Å². The van der Waals surface area contributed by atoms with Crippen LogP contribution in [0.4, 0.5) is 4.39 Å². The van der Waals surface area contributed by atoms with Crippen LogP contribution in [0, 0.1) is 12.7 Å². The lowest BCUT2D eigenvalue weighted by Gasteiger charge is -2.20. The van der Waals surface area contributed by atoms with Gasteiger partial charge in [-0.15, -0.1) is 0 Å². The van der Waals surface area contributed by atoms with Crippen molar-refractivity contribution in [1.29, 1.82) is 0 Å². The van der Waals surface area contributed by atoms with Gasteiger partial charge in [0.05, 0.1) is 18.5 Å². The number of carbonyl (C=O) groups excluding carboxylic acids is 1. The Bertz CT molecular complexity index is 740. The van der Waals surface area contributed by atoms with Gasteiger partial charge in [-0.3, -0.25) is 4.79 Å². The maximum absolute atomic E-state index is 13.2. The second-order valence-corrected chi connectivity index (χ2v) is 5.69. The number of benzene rings is 1. The first-order valence-corrected chi connectivity index (χ1v) is 7.48. The van der Waals surface area contributed by atoms with Gasteiger partial charge in [-0.1, -0.05) is 0 Å². The molecule has 1 aromatic heterocycles. The Hall–Kier alpha value is -2.41. The summed E-state index contributed by atoms with van der Waals surface area (Å²) >= 11 is 0. The lowest BCUT2D eigenvalue weighted by molar-refractivity contribution is 0.0698. The summed E-state index contributed by atoms with van der Waals surface area (Å²) in [6.45, 7) is 1.80. The van der Waals surface area contributed by atoms with Crippen LogP contribution in [0.1, 0.15) is 28.9 Å². The molecule has 1 aliphatic rings. The van der Waals surface area contributed by atoms with Crippen LogP contribution >= 0.6 is 0 Å². The van der Waals surface area contributed by atoms with Crippen LogP contribution in [0.5, 0.6) is 5.75 Å². The molecule has 0 aliphatic heterocycles. The Morgan fingerprint density at radius 2 is 2.22 bits per heavy atom. The fraction of sp³-hybridized carbons (Fsp3) is 0.375. The molecule has 1 heterocycles. The molecule has 3 rings (SSSR count). The zero-order chi connectivity index (χ0) is 16.6. The molecule has 0 radical (unpaired) electrons. The van der Waals surface area contributed by atoms with Gasteiger partial charge in [-0.25, -0.2) is 9.07 Å². The molecule has 1 aliphatic carbocycles. The second-order valence-electron chi connectivity index (χ2n) is 5.69. The van der Waals surface area contributed by atoms with E-state index in [1.54, 1.807) is 6.92 Å². The van der Waals surface area contributed by atoms with Crippen molar-refractivity contribution < 1.29 is 19.4 Å². The molecule has 23 heavy (non-hydrogen) atoms. The van der Waals surface area contributed by atoms with Crippen LogP contribution in [-0.4, -0.2) is 50.0 Å². The van der Waals surface area contributed by atoms with Gasteiger partial charge in [0.1, 0.15) is 5.82 Å². The van der Waals surface area contributed by atoms with Gasteiger partial charge in [0.15, 0.2) is 11.4 Å². The number of aromatic hydroxyl groups is 1. The third kappa shape index (κ3) is 3.05. The van der Waals surface area contributed by atoms with E-state index < -0.39 is 5.91 Å². The predicted molar refractivity (Wildman–Crippen MR) is 81.1 cm³/mol. The largest absolute Gasteiger partial charge is 0.504 e. The van der Waals surface area contributed by atoms with Crippen molar-refractivity contribution in [1.82, 2.24) is 14.7 Å². The van der Waals surface area contributed by atoms with Crippen LogP contribution in [0.25, 0.3) is 5.69 Å². The van der Waals surface area contributed by atoms with Crippen molar-refractivity contribution in [2.75, 3.05) is 13.2 Å². The van der Waals surface area contributed by atoms with Gasteiger partial charge in [0, 0.05) is 12.6 Å². The molecule has 0 atom stereocenters. The SMILES string of the molecule is Cc1cc(F)ccc1-n1cc(O)c(C(=O)N(CCO)C2CC2)n1. The van der Waals surface area contributed by atoms with E-state index in [9.17, 15) is 14.3 Å². The Kier molecular flexibility index (Phi) is 4.04. The summed E-state index contributed by atoms with van der Waals surface area (Å²) in [5, 5.41) is 23.3. The van der Waals surface area contributed by atoms with E-state index in [2.05, 4.69) is 5.10 Å². The van der Waals surface area contributed by atoms with Gasteiger partial charge in [-0.05, 0) is 43.5 Å². The van der Waals surface area contributed by atoms with E-state index in [0.717, 1.165) is 12.8 Å². The first-order valence-electron chi connectivity index (χ1n) is 7.48. The molecule has 122 valence electrons. The lowest BCUT2D eigenvalue weighted by Crippen LogP contribution is -2.35. The smallest absolute Gasteiger partial charge is 0.278 e. The van der Waals surface area contributed by atoms with Gasteiger partial charge in [0.25, 0.3) is 5.91 Å². The minimum atomic E-state index is -0.405. The number of amides is 1. The first-order chi connectivity index (χ1) is 11.0. The van der Waals surface area contributed by atoms with Gasteiger partial charge in [0.2, 0.25) is 0 Å². The molecule has 2 aromatic rings. The summed E-state index contributed by atoms with van der Waals surface area (Å²) in [7, 11) is 0. The van der Waals surface area contributed by atoms with E-state index in [-0.39, 0.29) is 36.5 Å². The van der Waals surface area contributed by atoms with E-state index >= 15 is 0 Å². The summed E-state index contributed by atoms with van der Waals surface area (Å²) in [5.41, 5.74) is 1.16. The number of aliphatic hydroxyl groups is 1. The van der Waals surface area contributed by atoms with Crippen LogP contribution < -0.4 is 0 Å². The van der Waals surface area contributed by atoms with Crippen molar-refractivity contribution in [2.24, 2.45) is 0 Å². The molecule has 1 fully saturated rings. The average molecular weight is 319 g/mol. The molecule has 0 bridgehead atoms. The number of rotatable bonds is 5. The number of aromatic nitrogens is 2. The zero-order valence-electron chi connectivity index (χ0n) is 12.7. The van der Waals surface area contributed by atoms with Crippen LogP contribution in [-0.2, 0) is 0 Å². The Labute approximate surface area is 132 Å². The molecular weight excluding hydrogens is 301 g/mol. The third-order valence-electron chi connectivity index (χ3n) is 3.89. The van der Waals surface area contributed by atoms with Gasteiger partial charge >= 0.3 is 0 Å². The molecule has 7 heteroatoms. The highest BCUT2D eigenvalue weighted by molar-refractivity contribution is 5.95. The monoisotopic (exact) mass is 319 g/mol. The molecule has 2 N–H and O–H groups in total. The van der Waals surface area contributed by atoms with Crippen LogP contribution in [0.2, 0.25) is 0 Å². The molecule has 1 amide bonds. The zero-order valence-corrected chi connectivity index (χ0v) is 12.7. The number of hydrogen-bond donors (Lipinski definition) is 2. The average Bonchev–Trinajstić information content (AvgIpc) is 3.27. The molecule has 0 spiro atoms. The topological polar surface area (TPSA) is 78.6 Å². The normalized spacial score (nSPS) is 14.0. The van der Waals surface area contributed by atoms with Crippen molar-refractivity contribution >= 4 is 5.91 Å². The molecule has 0 saturated heterocycles. The number of aliphatic hydroxyl groups excluding tert-OH is 1. The Balaban J connectivity index is 1.92. The molecular formula is C16H18FN3O3. The van der Waals surface area contributed by atoms with E-state index in [1.165, 1.54) is 34.0 Å². The quantitative estimate of drug-likeness (QED) is 0.878.